The first-order chi connectivity index (χ1) is 19.1. The van der Waals surface area contributed by atoms with E-state index in [2.05, 4.69) is 0 Å². The van der Waals surface area contributed by atoms with Crippen molar-refractivity contribution in [2.75, 3.05) is 11.5 Å². The summed E-state index contributed by atoms with van der Waals surface area (Å²) in [5.74, 6) is -3.14. The number of halogens is 1. The lowest BCUT2D eigenvalue weighted by molar-refractivity contribution is -0.123. The second kappa shape index (κ2) is 9.59. The minimum Gasteiger partial charge on any atom is -0.504 e. The van der Waals surface area contributed by atoms with Gasteiger partial charge in [-0.3, -0.25) is 19.2 Å². The smallest absolute Gasteiger partial charge is 0.238 e. The third-order valence-electron chi connectivity index (χ3n) is 8.60. The lowest BCUT2D eigenvalue weighted by atomic mass is 9.59. The standard InChI is InChI=1S/C32H28ClNO6/c1-4-40-26-12-17(6-10-24(26)35)27-19-8-9-20-28(21(19)14-22-25(36)11-16(3)30(37)29(22)27)32(39)34(31(20)38)18-7-5-15(2)23(33)13-18/h5-8,10-13,20-21,27-28,35H,4,9,14H2,1-3H3/t20-,21+,27-,28-/m0/s1. The number of hydrogen-bond acceptors (Lipinski definition) is 6. The molecule has 1 fully saturated rings. The molecule has 2 amide bonds. The minimum absolute atomic E-state index is 0.0315. The normalized spacial score (nSPS) is 25.9. The number of allylic oxidation sites excluding steroid dienone is 6. The number of aromatic hydroxyl groups is 1. The van der Waals surface area contributed by atoms with Crippen LogP contribution in [0.5, 0.6) is 11.5 Å². The Balaban J connectivity index is 1.48. The molecule has 2 aromatic rings. The number of Topliss-reactive ketones (excluding diaryl/α,β-unsaturated/α-hetero) is 1. The van der Waals surface area contributed by atoms with Crippen molar-refractivity contribution in [1.29, 1.82) is 0 Å². The molecule has 1 aliphatic heterocycles. The number of hydrogen-bond donors (Lipinski definition) is 1. The second-order valence-corrected chi connectivity index (χ2v) is 11.2. The molecule has 0 radical (unpaired) electrons. The van der Waals surface area contributed by atoms with E-state index in [1.807, 2.05) is 13.0 Å². The Kier molecular flexibility index (Phi) is 6.30. The first kappa shape index (κ1) is 26.3. The number of aryl methyl sites for hydroxylation is 1. The van der Waals surface area contributed by atoms with Gasteiger partial charge in [-0.1, -0.05) is 35.4 Å². The third-order valence-corrected chi connectivity index (χ3v) is 9.00. The molecule has 4 atom stereocenters. The van der Waals surface area contributed by atoms with Crippen LogP contribution in [0.2, 0.25) is 5.02 Å². The Labute approximate surface area is 236 Å². The Morgan fingerprint density at radius 2 is 1.80 bits per heavy atom. The molecule has 2 aromatic carbocycles. The third kappa shape index (κ3) is 3.86. The molecule has 0 bridgehead atoms. The molecule has 204 valence electrons. The monoisotopic (exact) mass is 557 g/mol. The van der Waals surface area contributed by atoms with E-state index < -0.39 is 23.7 Å². The number of fused-ring (bicyclic) bond motifs is 3. The van der Waals surface area contributed by atoms with Gasteiger partial charge >= 0.3 is 0 Å². The van der Waals surface area contributed by atoms with E-state index in [0.29, 0.717) is 46.0 Å². The summed E-state index contributed by atoms with van der Waals surface area (Å²) in [5, 5.41) is 10.8. The maximum absolute atomic E-state index is 14.0. The van der Waals surface area contributed by atoms with Crippen LogP contribution in [-0.4, -0.2) is 35.1 Å². The fourth-order valence-corrected chi connectivity index (χ4v) is 6.87. The van der Waals surface area contributed by atoms with Crippen LogP contribution in [0.4, 0.5) is 5.69 Å². The number of ketones is 2. The molecule has 1 N–H and O–H groups in total. The largest absolute Gasteiger partial charge is 0.504 e. The average Bonchev–Trinajstić information content (AvgIpc) is 3.19. The van der Waals surface area contributed by atoms with Crippen molar-refractivity contribution in [3.05, 3.63) is 87.0 Å². The summed E-state index contributed by atoms with van der Waals surface area (Å²) in [6, 6.07) is 10.1. The lowest BCUT2D eigenvalue weighted by Crippen LogP contribution is -2.39. The summed E-state index contributed by atoms with van der Waals surface area (Å²) in [6.07, 6.45) is 3.86. The molecule has 0 unspecified atom stereocenters. The lowest BCUT2D eigenvalue weighted by Gasteiger charge is -2.42. The van der Waals surface area contributed by atoms with Gasteiger partial charge in [0.05, 0.1) is 24.1 Å². The molecule has 4 aliphatic rings. The van der Waals surface area contributed by atoms with Gasteiger partial charge in [0, 0.05) is 27.7 Å². The predicted octanol–water partition coefficient (Wildman–Crippen LogP) is 5.39. The highest BCUT2D eigenvalue weighted by atomic mass is 35.5. The van der Waals surface area contributed by atoms with Gasteiger partial charge in [0.25, 0.3) is 0 Å². The molecule has 1 heterocycles. The van der Waals surface area contributed by atoms with Crippen LogP contribution in [0.1, 0.15) is 43.7 Å². The molecule has 40 heavy (non-hydrogen) atoms. The van der Waals surface area contributed by atoms with Crippen molar-refractivity contribution in [3.63, 3.8) is 0 Å². The zero-order valence-corrected chi connectivity index (χ0v) is 23.1. The van der Waals surface area contributed by atoms with Gasteiger partial charge < -0.3 is 9.84 Å². The zero-order chi connectivity index (χ0) is 28.5. The zero-order valence-electron chi connectivity index (χ0n) is 22.4. The SMILES string of the molecule is CCOc1cc([C@H]2C3=CC[C@@H]4C(=O)N(c5ccc(C)c(Cl)c5)C(=O)[C@@H]4[C@@H]3CC3=C2C(=O)C(C)=CC3=O)ccc1O. The van der Waals surface area contributed by atoms with Crippen molar-refractivity contribution in [3.8, 4) is 11.5 Å². The van der Waals surface area contributed by atoms with Gasteiger partial charge in [-0.05, 0) is 81.0 Å². The van der Waals surface area contributed by atoms with E-state index in [4.69, 9.17) is 16.3 Å². The molecule has 0 spiro atoms. The number of carbonyl (C=O) groups is 4. The molecule has 7 nitrogen and oxygen atoms in total. The van der Waals surface area contributed by atoms with Crippen LogP contribution in [0, 0.1) is 24.7 Å². The first-order valence-corrected chi connectivity index (χ1v) is 13.8. The molecule has 8 heteroatoms. The number of phenolic OH excluding ortho intramolecular Hbond substituents is 1. The van der Waals surface area contributed by atoms with Gasteiger partial charge in [0.15, 0.2) is 23.1 Å². The first-order valence-electron chi connectivity index (χ1n) is 13.4. The summed E-state index contributed by atoms with van der Waals surface area (Å²) < 4.78 is 5.63. The van der Waals surface area contributed by atoms with Crippen molar-refractivity contribution in [2.24, 2.45) is 17.8 Å². The highest BCUT2D eigenvalue weighted by Gasteiger charge is 2.56. The van der Waals surface area contributed by atoms with Gasteiger partial charge in [-0.25, -0.2) is 4.90 Å². The van der Waals surface area contributed by atoms with Gasteiger partial charge in [0.2, 0.25) is 11.8 Å². The number of rotatable bonds is 4. The number of nitrogens with zero attached hydrogens (tertiary/aromatic N) is 1. The van der Waals surface area contributed by atoms with Crippen LogP contribution < -0.4 is 9.64 Å². The molecule has 3 aliphatic carbocycles. The number of phenols is 1. The summed E-state index contributed by atoms with van der Waals surface area (Å²) in [4.78, 5) is 55.7. The fourth-order valence-electron chi connectivity index (χ4n) is 6.70. The minimum atomic E-state index is -0.678. The molecule has 6 rings (SSSR count). The van der Waals surface area contributed by atoms with E-state index >= 15 is 0 Å². The van der Waals surface area contributed by atoms with E-state index in [1.165, 1.54) is 17.0 Å². The van der Waals surface area contributed by atoms with Crippen molar-refractivity contribution in [1.82, 2.24) is 0 Å². The van der Waals surface area contributed by atoms with E-state index in [1.54, 1.807) is 44.2 Å². The second-order valence-electron chi connectivity index (χ2n) is 10.8. The van der Waals surface area contributed by atoms with Gasteiger partial charge in [-0.2, -0.15) is 0 Å². The summed E-state index contributed by atoms with van der Waals surface area (Å²) in [7, 11) is 0. The predicted molar refractivity (Wildman–Crippen MR) is 149 cm³/mol. The molecule has 0 aromatic heterocycles. The topological polar surface area (TPSA) is 101 Å². The summed E-state index contributed by atoms with van der Waals surface area (Å²) >= 11 is 6.33. The maximum atomic E-state index is 14.0. The van der Waals surface area contributed by atoms with E-state index in [0.717, 1.165) is 11.1 Å². The van der Waals surface area contributed by atoms with Crippen molar-refractivity contribution in [2.45, 2.75) is 39.5 Å². The van der Waals surface area contributed by atoms with Crippen LogP contribution in [0.3, 0.4) is 0 Å². The fraction of sp³-hybridized carbons (Fsp3) is 0.312. The molecular formula is C32H28ClNO6. The Hall–Kier alpha value is -3.97. The van der Waals surface area contributed by atoms with E-state index in [9.17, 15) is 24.3 Å². The number of carbonyl (C=O) groups excluding carboxylic acids is 4. The van der Waals surface area contributed by atoms with Gasteiger partial charge in [0.1, 0.15) is 0 Å². The average molecular weight is 558 g/mol. The van der Waals surface area contributed by atoms with Crippen LogP contribution >= 0.6 is 11.6 Å². The number of benzene rings is 2. The quantitative estimate of drug-likeness (QED) is 0.307. The Morgan fingerprint density at radius 3 is 2.52 bits per heavy atom. The maximum Gasteiger partial charge on any atom is 0.238 e. The summed E-state index contributed by atoms with van der Waals surface area (Å²) in [5.41, 5.74) is 3.93. The highest BCUT2D eigenvalue weighted by molar-refractivity contribution is 6.32. The molecule has 0 saturated carbocycles. The van der Waals surface area contributed by atoms with Crippen LogP contribution in [-0.2, 0) is 19.2 Å². The van der Waals surface area contributed by atoms with Gasteiger partial charge in [-0.15, -0.1) is 0 Å². The van der Waals surface area contributed by atoms with Crippen LogP contribution in [0.15, 0.2) is 70.8 Å². The highest BCUT2D eigenvalue weighted by Crippen LogP contribution is 2.56. The van der Waals surface area contributed by atoms with Crippen LogP contribution in [0.25, 0.3) is 0 Å². The van der Waals surface area contributed by atoms with Crippen molar-refractivity contribution < 1.29 is 29.0 Å². The molecular weight excluding hydrogens is 530 g/mol. The van der Waals surface area contributed by atoms with Crippen molar-refractivity contribution >= 4 is 40.7 Å². The molecule has 1 saturated heterocycles. The van der Waals surface area contributed by atoms with E-state index in [-0.39, 0.29) is 41.3 Å². The summed E-state index contributed by atoms with van der Waals surface area (Å²) in [6.45, 7) is 5.62. The number of amides is 2. The number of ether oxygens (including phenoxy) is 1. The number of anilines is 1. The number of imide groups is 1. The Bertz CT molecular complexity index is 1610. The Morgan fingerprint density at radius 1 is 1.02 bits per heavy atom.